The molecular weight excluding hydrogens is 375 g/mol. The van der Waals surface area contributed by atoms with Gasteiger partial charge >= 0.3 is 6.36 Å². The Morgan fingerprint density at radius 3 is 2.36 bits per heavy atom. The van der Waals surface area contributed by atoms with E-state index in [4.69, 9.17) is 15.2 Å². The molecule has 0 saturated carbocycles. The summed E-state index contributed by atoms with van der Waals surface area (Å²) < 4.78 is 51.2. The number of hydrogen-bond acceptors (Lipinski definition) is 4. The van der Waals surface area contributed by atoms with E-state index in [1.54, 1.807) is 7.11 Å². The SMILES string of the molecule is COc1ccccc1OCC(C)CN=C(N)Nc1ccc(OC(F)(F)F)cc1. The van der Waals surface area contributed by atoms with Crippen LogP contribution < -0.4 is 25.3 Å². The fourth-order valence-electron chi connectivity index (χ4n) is 2.20. The van der Waals surface area contributed by atoms with Gasteiger partial charge in [-0.25, -0.2) is 0 Å². The normalized spacial score (nSPS) is 13.0. The second-order valence-corrected chi connectivity index (χ2v) is 5.99. The summed E-state index contributed by atoms with van der Waals surface area (Å²) in [4.78, 5) is 4.22. The maximum absolute atomic E-state index is 12.1. The molecule has 152 valence electrons. The first-order chi connectivity index (χ1) is 13.3. The average molecular weight is 397 g/mol. The summed E-state index contributed by atoms with van der Waals surface area (Å²) in [6.07, 6.45) is -4.72. The van der Waals surface area contributed by atoms with Crippen LogP contribution in [0.25, 0.3) is 0 Å². The Morgan fingerprint density at radius 1 is 1.11 bits per heavy atom. The summed E-state index contributed by atoms with van der Waals surface area (Å²) in [7, 11) is 1.57. The molecule has 0 heterocycles. The Bertz CT molecular complexity index is 780. The molecule has 0 aromatic heterocycles. The third kappa shape index (κ3) is 7.26. The number of hydrogen-bond donors (Lipinski definition) is 2. The third-order valence-electron chi connectivity index (χ3n) is 3.53. The molecule has 0 amide bonds. The van der Waals surface area contributed by atoms with Crippen molar-refractivity contribution in [3.63, 3.8) is 0 Å². The third-order valence-corrected chi connectivity index (χ3v) is 3.53. The molecule has 9 heteroatoms. The van der Waals surface area contributed by atoms with Crippen LogP contribution in [-0.4, -0.2) is 32.6 Å². The van der Waals surface area contributed by atoms with Crippen molar-refractivity contribution in [1.82, 2.24) is 0 Å². The maximum Gasteiger partial charge on any atom is 0.573 e. The number of guanidine groups is 1. The molecule has 1 atom stereocenters. The highest BCUT2D eigenvalue weighted by molar-refractivity contribution is 5.92. The number of alkyl halides is 3. The number of ether oxygens (including phenoxy) is 3. The van der Waals surface area contributed by atoms with Crippen LogP contribution in [0.15, 0.2) is 53.5 Å². The zero-order valence-corrected chi connectivity index (χ0v) is 15.5. The zero-order chi connectivity index (χ0) is 20.6. The molecule has 3 N–H and O–H groups in total. The van der Waals surface area contributed by atoms with E-state index in [-0.39, 0.29) is 17.6 Å². The molecule has 2 rings (SSSR count). The minimum absolute atomic E-state index is 0.0767. The van der Waals surface area contributed by atoms with Crippen LogP contribution in [0.2, 0.25) is 0 Å². The molecule has 2 aromatic rings. The lowest BCUT2D eigenvalue weighted by atomic mass is 10.2. The fourth-order valence-corrected chi connectivity index (χ4v) is 2.20. The number of nitrogens with one attached hydrogen (secondary N) is 1. The lowest BCUT2D eigenvalue weighted by molar-refractivity contribution is -0.274. The monoisotopic (exact) mass is 397 g/mol. The summed E-state index contributed by atoms with van der Waals surface area (Å²) in [6, 6.07) is 12.5. The molecule has 0 spiro atoms. The van der Waals surface area contributed by atoms with Crippen LogP contribution in [-0.2, 0) is 0 Å². The number of anilines is 1. The molecule has 0 aliphatic heterocycles. The summed E-state index contributed by atoms with van der Waals surface area (Å²) in [5, 5.41) is 2.81. The van der Waals surface area contributed by atoms with Gasteiger partial charge in [-0.15, -0.1) is 13.2 Å². The Labute approximate surface area is 161 Å². The molecule has 0 radical (unpaired) electrons. The average Bonchev–Trinajstić information content (AvgIpc) is 2.65. The first-order valence-corrected chi connectivity index (χ1v) is 8.45. The number of methoxy groups -OCH3 is 1. The van der Waals surface area contributed by atoms with Gasteiger partial charge in [0, 0.05) is 18.2 Å². The van der Waals surface area contributed by atoms with Crippen molar-refractivity contribution in [2.24, 2.45) is 16.6 Å². The zero-order valence-electron chi connectivity index (χ0n) is 15.5. The molecule has 0 bridgehead atoms. The molecule has 2 aromatic carbocycles. The quantitative estimate of drug-likeness (QED) is 0.519. The Kier molecular flexibility index (Phi) is 7.36. The molecule has 0 aliphatic carbocycles. The minimum Gasteiger partial charge on any atom is -0.493 e. The number of nitrogens with two attached hydrogens (primary N) is 1. The van der Waals surface area contributed by atoms with Crippen LogP contribution in [0.5, 0.6) is 17.2 Å². The lowest BCUT2D eigenvalue weighted by Crippen LogP contribution is -2.24. The van der Waals surface area contributed by atoms with Crippen molar-refractivity contribution in [2.45, 2.75) is 13.3 Å². The van der Waals surface area contributed by atoms with Crippen molar-refractivity contribution < 1.29 is 27.4 Å². The van der Waals surface area contributed by atoms with Gasteiger partial charge in [0.1, 0.15) is 5.75 Å². The van der Waals surface area contributed by atoms with E-state index in [1.807, 2.05) is 31.2 Å². The molecule has 6 nitrogen and oxygen atoms in total. The Hall–Kier alpha value is -3.10. The highest BCUT2D eigenvalue weighted by atomic mass is 19.4. The molecule has 0 aliphatic rings. The van der Waals surface area contributed by atoms with E-state index < -0.39 is 6.36 Å². The lowest BCUT2D eigenvalue weighted by Gasteiger charge is -2.14. The molecule has 0 fully saturated rings. The van der Waals surface area contributed by atoms with Gasteiger partial charge < -0.3 is 25.3 Å². The summed E-state index contributed by atoms with van der Waals surface area (Å²) in [5.74, 6) is 1.21. The van der Waals surface area contributed by atoms with E-state index >= 15 is 0 Å². The maximum atomic E-state index is 12.1. The summed E-state index contributed by atoms with van der Waals surface area (Å²) in [6.45, 7) is 2.78. The van der Waals surface area contributed by atoms with Gasteiger partial charge in [-0.3, -0.25) is 4.99 Å². The van der Waals surface area contributed by atoms with Crippen LogP contribution in [0.3, 0.4) is 0 Å². The minimum atomic E-state index is -4.72. The Balaban J connectivity index is 1.81. The van der Waals surface area contributed by atoms with Gasteiger partial charge in [0.25, 0.3) is 0 Å². The van der Waals surface area contributed by atoms with E-state index in [1.165, 1.54) is 24.3 Å². The number of halogens is 3. The molecule has 1 unspecified atom stereocenters. The summed E-state index contributed by atoms with van der Waals surface area (Å²) >= 11 is 0. The highest BCUT2D eigenvalue weighted by Crippen LogP contribution is 2.26. The number of para-hydroxylation sites is 2. The van der Waals surface area contributed by atoms with Crippen LogP contribution in [0.4, 0.5) is 18.9 Å². The second kappa shape index (κ2) is 9.72. The fraction of sp³-hybridized carbons (Fsp3) is 0.316. The van der Waals surface area contributed by atoms with E-state index in [0.29, 0.717) is 30.3 Å². The van der Waals surface area contributed by atoms with Gasteiger partial charge in [-0.2, -0.15) is 0 Å². The van der Waals surface area contributed by atoms with Crippen LogP contribution in [0.1, 0.15) is 6.92 Å². The Morgan fingerprint density at radius 2 is 1.75 bits per heavy atom. The predicted octanol–water partition coefficient (Wildman–Crippen LogP) is 4.04. The largest absolute Gasteiger partial charge is 0.573 e. The number of rotatable bonds is 8. The van der Waals surface area contributed by atoms with Crippen molar-refractivity contribution in [2.75, 3.05) is 25.6 Å². The van der Waals surface area contributed by atoms with E-state index in [0.717, 1.165) is 0 Å². The van der Waals surface area contributed by atoms with Crippen LogP contribution >= 0.6 is 0 Å². The topological polar surface area (TPSA) is 78.1 Å². The van der Waals surface area contributed by atoms with E-state index in [2.05, 4.69) is 15.0 Å². The van der Waals surface area contributed by atoms with Crippen molar-refractivity contribution >= 4 is 11.6 Å². The summed E-state index contributed by atoms with van der Waals surface area (Å²) in [5.41, 5.74) is 6.31. The standard InChI is InChI=1S/C19H22F3N3O3/c1-13(12-27-17-6-4-3-5-16(17)26-2)11-24-18(23)25-14-7-9-15(10-8-14)28-19(20,21)22/h3-10,13H,11-12H2,1-2H3,(H3,23,24,25). The highest BCUT2D eigenvalue weighted by Gasteiger charge is 2.30. The number of benzene rings is 2. The van der Waals surface area contributed by atoms with Gasteiger partial charge in [0.15, 0.2) is 17.5 Å². The van der Waals surface area contributed by atoms with Gasteiger partial charge in [0.05, 0.1) is 13.7 Å². The van der Waals surface area contributed by atoms with Gasteiger partial charge in [-0.05, 0) is 36.4 Å². The smallest absolute Gasteiger partial charge is 0.493 e. The molecular formula is C19H22F3N3O3. The van der Waals surface area contributed by atoms with E-state index in [9.17, 15) is 13.2 Å². The first kappa shape index (κ1) is 21.2. The molecule has 28 heavy (non-hydrogen) atoms. The predicted molar refractivity (Wildman–Crippen MR) is 101 cm³/mol. The number of aliphatic imine (C=N–C) groups is 1. The van der Waals surface area contributed by atoms with Crippen molar-refractivity contribution in [1.29, 1.82) is 0 Å². The van der Waals surface area contributed by atoms with Crippen molar-refractivity contribution in [3.05, 3.63) is 48.5 Å². The van der Waals surface area contributed by atoms with Gasteiger partial charge in [-0.1, -0.05) is 19.1 Å². The first-order valence-electron chi connectivity index (χ1n) is 8.45. The molecule has 0 saturated heterocycles. The number of nitrogens with zero attached hydrogens (tertiary/aromatic N) is 1. The second-order valence-electron chi connectivity index (χ2n) is 5.99. The van der Waals surface area contributed by atoms with Gasteiger partial charge in [0.2, 0.25) is 0 Å². The van der Waals surface area contributed by atoms with Crippen molar-refractivity contribution in [3.8, 4) is 17.2 Å². The van der Waals surface area contributed by atoms with Crippen LogP contribution in [0, 0.1) is 5.92 Å².